The molecule has 6 nitrogen and oxygen atoms in total. The third-order valence-electron chi connectivity index (χ3n) is 5.21. The molecule has 1 N–H and O–H groups in total. The number of nitrogens with zero attached hydrogens (tertiary/aromatic N) is 3. The highest BCUT2D eigenvalue weighted by molar-refractivity contribution is 5.86. The first kappa shape index (κ1) is 14.2. The average molecular weight is 313 g/mol. The number of hydrogen-bond donors (Lipinski definition) is 1. The van der Waals surface area contributed by atoms with Gasteiger partial charge in [0.25, 0.3) is 0 Å². The van der Waals surface area contributed by atoms with Crippen molar-refractivity contribution in [1.82, 2.24) is 14.3 Å². The Bertz CT molecular complexity index is 736. The number of carboxylic acid groups (broad SMARTS) is 1. The van der Waals surface area contributed by atoms with E-state index in [9.17, 15) is 14.7 Å². The van der Waals surface area contributed by atoms with Crippen molar-refractivity contribution in [2.45, 2.75) is 31.7 Å². The number of hydrogen-bond acceptors (Lipinski definition) is 3. The summed E-state index contributed by atoms with van der Waals surface area (Å²) in [5.41, 5.74) is 1.48. The summed E-state index contributed by atoms with van der Waals surface area (Å²) in [6, 6.07) is 5.03. The molecule has 23 heavy (non-hydrogen) atoms. The lowest BCUT2D eigenvalue weighted by Gasteiger charge is -2.24. The Hall–Kier alpha value is -2.37. The standard InChI is InChI=1S/C17H19N3O3/c21-15(8-12-10-19-7-2-1-6-14(19)18-12)20-9-11-4-3-5-13(11)16(20)17(22)23/h1-2,6-7,10-11,13,16H,3-5,8-9H2,(H,22,23)/t11-,13+,16-/m0/s1. The van der Waals surface area contributed by atoms with E-state index in [2.05, 4.69) is 4.98 Å². The topological polar surface area (TPSA) is 74.9 Å². The molecule has 0 radical (unpaired) electrons. The Labute approximate surface area is 133 Å². The molecule has 0 bridgehead atoms. The zero-order valence-electron chi connectivity index (χ0n) is 12.8. The molecule has 3 atom stereocenters. The number of likely N-dealkylation sites (tertiary alicyclic amines) is 1. The van der Waals surface area contributed by atoms with Crippen LogP contribution in [-0.4, -0.2) is 43.9 Å². The highest BCUT2D eigenvalue weighted by Crippen LogP contribution is 2.42. The van der Waals surface area contributed by atoms with Gasteiger partial charge in [-0.15, -0.1) is 0 Å². The molecule has 1 aliphatic carbocycles. The number of carbonyl (C=O) groups is 2. The first-order valence-corrected chi connectivity index (χ1v) is 8.08. The Morgan fingerprint density at radius 3 is 2.96 bits per heavy atom. The molecule has 4 rings (SSSR count). The minimum atomic E-state index is -0.872. The van der Waals surface area contributed by atoms with Crippen LogP contribution in [0.5, 0.6) is 0 Å². The second kappa shape index (κ2) is 5.37. The molecule has 1 saturated carbocycles. The maximum Gasteiger partial charge on any atom is 0.326 e. The van der Waals surface area contributed by atoms with Gasteiger partial charge in [-0.2, -0.15) is 0 Å². The fourth-order valence-corrected chi connectivity index (χ4v) is 4.21. The molecule has 6 heteroatoms. The molecule has 0 aromatic carbocycles. The van der Waals surface area contributed by atoms with Crippen molar-refractivity contribution in [3.63, 3.8) is 0 Å². The van der Waals surface area contributed by atoms with E-state index in [-0.39, 0.29) is 18.2 Å². The molecule has 2 aliphatic rings. The van der Waals surface area contributed by atoms with E-state index in [1.54, 1.807) is 4.90 Å². The van der Waals surface area contributed by atoms with Crippen LogP contribution in [0, 0.1) is 11.8 Å². The van der Waals surface area contributed by atoms with Crippen LogP contribution in [0.15, 0.2) is 30.6 Å². The summed E-state index contributed by atoms with van der Waals surface area (Å²) in [6.45, 7) is 0.577. The van der Waals surface area contributed by atoms with E-state index >= 15 is 0 Å². The van der Waals surface area contributed by atoms with E-state index in [4.69, 9.17) is 0 Å². The summed E-state index contributed by atoms with van der Waals surface area (Å²) in [4.78, 5) is 30.3. The lowest BCUT2D eigenvalue weighted by molar-refractivity contribution is -0.149. The first-order valence-electron chi connectivity index (χ1n) is 8.08. The molecule has 1 saturated heterocycles. The van der Waals surface area contributed by atoms with Crippen LogP contribution < -0.4 is 0 Å². The van der Waals surface area contributed by atoms with Gasteiger partial charge in [0.2, 0.25) is 5.91 Å². The first-order chi connectivity index (χ1) is 11.1. The van der Waals surface area contributed by atoms with Gasteiger partial charge in [0, 0.05) is 18.9 Å². The Morgan fingerprint density at radius 2 is 2.17 bits per heavy atom. The predicted octanol–water partition coefficient (Wildman–Crippen LogP) is 1.59. The number of aliphatic carboxylic acids is 1. The molecule has 2 aromatic heterocycles. The van der Waals surface area contributed by atoms with Crippen LogP contribution in [-0.2, 0) is 16.0 Å². The smallest absolute Gasteiger partial charge is 0.326 e. The Morgan fingerprint density at radius 1 is 1.30 bits per heavy atom. The van der Waals surface area contributed by atoms with E-state index in [1.807, 2.05) is 35.0 Å². The number of pyridine rings is 1. The third kappa shape index (κ3) is 2.38. The van der Waals surface area contributed by atoms with Crippen molar-refractivity contribution in [1.29, 1.82) is 0 Å². The molecule has 120 valence electrons. The molecule has 1 amide bonds. The van der Waals surface area contributed by atoms with Crippen molar-refractivity contribution >= 4 is 17.5 Å². The van der Waals surface area contributed by atoms with E-state index in [1.165, 1.54) is 0 Å². The third-order valence-corrected chi connectivity index (χ3v) is 5.21. The quantitative estimate of drug-likeness (QED) is 0.934. The number of fused-ring (bicyclic) bond motifs is 2. The zero-order valence-corrected chi connectivity index (χ0v) is 12.8. The molecule has 1 aliphatic heterocycles. The largest absolute Gasteiger partial charge is 0.480 e. The van der Waals surface area contributed by atoms with Gasteiger partial charge in [0.05, 0.1) is 12.1 Å². The van der Waals surface area contributed by atoms with Crippen molar-refractivity contribution < 1.29 is 14.7 Å². The Kier molecular flexibility index (Phi) is 3.32. The van der Waals surface area contributed by atoms with Crippen LogP contribution in [0.3, 0.4) is 0 Å². The molecule has 2 aromatic rings. The SMILES string of the molecule is O=C(O)[C@@H]1[C@@H]2CCC[C@H]2CN1C(=O)Cc1cn2ccccc2n1. The van der Waals surface area contributed by atoms with Gasteiger partial charge in [-0.05, 0) is 36.8 Å². The number of aromatic nitrogens is 2. The molecule has 3 heterocycles. The van der Waals surface area contributed by atoms with E-state index < -0.39 is 12.0 Å². The molecule has 2 fully saturated rings. The number of carboxylic acids is 1. The van der Waals surface area contributed by atoms with Crippen LogP contribution in [0.2, 0.25) is 0 Å². The maximum atomic E-state index is 12.7. The molecule has 0 unspecified atom stereocenters. The lowest BCUT2D eigenvalue weighted by atomic mass is 9.94. The number of rotatable bonds is 3. The summed E-state index contributed by atoms with van der Waals surface area (Å²) < 4.78 is 1.87. The van der Waals surface area contributed by atoms with Gasteiger partial charge < -0.3 is 14.4 Å². The van der Waals surface area contributed by atoms with Crippen molar-refractivity contribution in [3.05, 3.63) is 36.3 Å². The van der Waals surface area contributed by atoms with Crippen LogP contribution in [0.25, 0.3) is 5.65 Å². The van der Waals surface area contributed by atoms with Crippen LogP contribution in [0.4, 0.5) is 0 Å². The summed E-state index contributed by atoms with van der Waals surface area (Å²) in [7, 11) is 0. The fraction of sp³-hybridized carbons (Fsp3) is 0.471. The monoisotopic (exact) mass is 313 g/mol. The fourth-order valence-electron chi connectivity index (χ4n) is 4.21. The predicted molar refractivity (Wildman–Crippen MR) is 82.9 cm³/mol. The minimum Gasteiger partial charge on any atom is -0.480 e. The van der Waals surface area contributed by atoms with Gasteiger partial charge >= 0.3 is 5.97 Å². The molecular formula is C17H19N3O3. The highest BCUT2D eigenvalue weighted by atomic mass is 16.4. The lowest BCUT2D eigenvalue weighted by Crippen LogP contribution is -2.44. The number of imidazole rings is 1. The second-order valence-corrected chi connectivity index (χ2v) is 6.56. The second-order valence-electron chi connectivity index (χ2n) is 6.56. The van der Waals surface area contributed by atoms with E-state index in [0.29, 0.717) is 18.2 Å². The number of amides is 1. The van der Waals surface area contributed by atoms with Gasteiger partial charge in [-0.25, -0.2) is 9.78 Å². The maximum absolute atomic E-state index is 12.7. The minimum absolute atomic E-state index is 0.123. The van der Waals surface area contributed by atoms with Crippen molar-refractivity contribution in [2.75, 3.05) is 6.54 Å². The van der Waals surface area contributed by atoms with Gasteiger partial charge in [0.15, 0.2) is 0 Å². The van der Waals surface area contributed by atoms with Crippen LogP contribution in [0.1, 0.15) is 25.0 Å². The van der Waals surface area contributed by atoms with Gasteiger partial charge in [-0.1, -0.05) is 12.5 Å². The zero-order chi connectivity index (χ0) is 16.0. The summed E-state index contributed by atoms with van der Waals surface area (Å²) in [5, 5.41) is 9.55. The number of carbonyl (C=O) groups excluding carboxylic acids is 1. The van der Waals surface area contributed by atoms with Gasteiger partial charge in [-0.3, -0.25) is 4.79 Å². The molecular weight excluding hydrogens is 294 g/mol. The molecule has 0 spiro atoms. The van der Waals surface area contributed by atoms with Crippen molar-refractivity contribution in [2.24, 2.45) is 11.8 Å². The van der Waals surface area contributed by atoms with E-state index in [0.717, 1.165) is 24.9 Å². The normalized spacial score (nSPS) is 26.6. The Balaban J connectivity index is 1.55. The highest BCUT2D eigenvalue weighted by Gasteiger charge is 2.49. The van der Waals surface area contributed by atoms with Gasteiger partial charge in [0.1, 0.15) is 11.7 Å². The summed E-state index contributed by atoms with van der Waals surface area (Å²) in [5.74, 6) is -0.531. The summed E-state index contributed by atoms with van der Waals surface area (Å²) in [6.07, 6.45) is 6.90. The van der Waals surface area contributed by atoms with Crippen LogP contribution >= 0.6 is 0 Å². The van der Waals surface area contributed by atoms with Crippen molar-refractivity contribution in [3.8, 4) is 0 Å². The summed E-state index contributed by atoms with van der Waals surface area (Å²) >= 11 is 0. The average Bonchev–Trinajstić information content (AvgIpc) is 3.18.